The number of benzene rings is 4. The van der Waals surface area contributed by atoms with Gasteiger partial charge in [0.15, 0.2) is 9.84 Å². The number of hydrogen-bond acceptors (Lipinski definition) is 6. The molecule has 3 atom stereocenters. The summed E-state index contributed by atoms with van der Waals surface area (Å²) in [6, 6.07) is 29.4. The third kappa shape index (κ3) is 3.84. The van der Waals surface area contributed by atoms with E-state index in [2.05, 4.69) is 0 Å². The molecule has 6 nitrogen and oxygen atoms in total. The minimum atomic E-state index is -4.17. The van der Waals surface area contributed by atoms with Crippen LogP contribution in [0.1, 0.15) is 31.2 Å². The van der Waals surface area contributed by atoms with Crippen molar-refractivity contribution < 1.29 is 26.4 Å². The first-order valence-electron chi connectivity index (χ1n) is 13.1. The molecule has 204 valence electrons. The minimum absolute atomic E-state index is 0.00582. The van der Waals surface area contributed by atoms with Crippen molar-refractivity contribution in [3.05, 3.63) is 120 Å². The molecule has 2 aliphatic rings. The van der Waals surface area contributed by atoms with E-state index in [-0.39, 0.29) is 34.1 Å². The fraction of sp³-hybridized carbons (Fsp3) is 0.219. The van der Waals surface area contributed by atoms with Gasteiger partial charge in [-0.05, 0) is 66.4 Å². The summed E-state index contributed by atoms with van der Waals surface area (Å²) in [6.45, 7) is 1.76. The van der Waals surface area contributed by atoms with Crippen LogP contribution >= 0.6 is 0 Å². The highest BCUT2D eigenvalue weighted by Crippen LogP contribution is 2.72. The zero-order chi connectivity index (χ0) is 28.2. The van der Waals surface area contributed by atoms with Crippen LogP contribution < -0.4 is 0 Å². The highest BCUT2D eigenvalue weighted by atomic mass is 32.2. The largest absolute Gasteiger partial charge is 0.466 e. The molecule has 0 heterocycles. The number of sulfone groups is 2. The van der Waals surface area contributed by atoms with Crippen LogP contribution in [0.5, 0.6) is 0 Å². The number of carbonyl (C=O) groups is 1. The van der Waals surface area contributed by atoms with Crippen molar-refractivity contribution in [2.75, 3.05) is 6.61 Å². The van der Waals surface area contributed by atoms with Crippen molar-refractivity contribution in [1.82, 2.24) is 0 Å². The van der Waals surface area contributed by atoms with E-state index in [1.165, 1.54) is 30.3 Å². The Morgan fingerprint density at radius 2 is 1.40 bits per heavy atom. The summed E-state index contributed by atoms with van der Waals surface area (Å²) in [5, 5.41) is 1.91. The van der Waals surface area contributed by atoms with Gasteiger partial charge in [-0.25, -0.2) is 16.8 Å². The summed E-state index contributed by atoms with van der Waals surface area (Å²) in [5.74, 6) is -1.37. The molecule has 0 bridgehead atoms. The number of hydrogen-bond donors (Lipinski definition) is 0. The Kier molecular flexibility index (Phi) is 6.23. The Hall–Kier alpha value is -3.75. The highest BCUT2D eigenvalue weighted by molar-refractivity contribution is 7.95. The van der Waals surface area contributed by atoms with Gasteiger partial charge in [0.1, 0.15) is 4.75 Å². The van der Waals surface area contributed by atoms with Crippen LogP contribution in [0.2, 0.25) is 0 Å². The lowest BCUT2D eigenvalue weighted by molar-refractivity contribution is -0.150. The molecule has 6 rings (SSSR count). The normalized spacial score (nSPS) is 24.1. The van der Waals surface area contributed by atoms with Crippen LogP contribution in [-0.2, 0) is 29.2 Å². The van der Waals surface area contributed by atoms with Gasteiger partial charge in [-0.2, -0.15) is 0 Å². The molecule has 0 aliphatic heterocycles. The number of carbonyl (C=O) groups excluding carboxylic acids is 1. The Morgan fingerprint density at radius 3 is 2.05 bits per heavy atom. The third-order valence-corrected chi connectivity index (χ3v) is 12.7. The molecule has 4 aromatic rings. The molecule has 1 saturated carbocycles. The summed E-state index contributed by atoms with van der Waals surface area (Å²) in [4.78, 5) is 13.7. The van der Waals surface area contributed by atoms with Crippen molar-refractivity contribution in [2.24, 2.45) is 5.41 Å². The van der Waals surface area contributed by atoms with Crippen LogP contribution in [0.4, 0.5) is 0 Å². The zero-order valence-corrected chi connectivity index (χ0v) is 23.5. The zero-order valence-electron chi connectivity index (χ0n) is 21.9. The number of esters is 1. The van der Waals surface area contributed by atoms with Crippen LogP contribution in [0.25, 0.3) is 10.8 Å². The molecule has 0 unspecified atom stereocenters. The molecule has 0 spiro atoms. The van der Waals surface area contributed by atoms with Crippen LogP contribution in [0.15, 0.2) is 124 Å². The van der Waals surface area contributed by atoms with Gasteiger partial charge in [0.2, 0.25) is 9.84 Å². The monoisotopic (exact) mass is 572 g/mol. The fourth-order valence-corrected chi connectivity index (χ4v) is 10.3. The van der Waals surface area contributed by atoms with E-state index in [9.17, 15) is 21.6 Å². The maximum Gasteiger partial charge on any atom is 0.314 e. The van der Waals surface area contributed by atoms with Crippen molar-refractivity contribution in [2.45, 2.75) is 40.2 Å². The van der Waals surface area contributed by atoms with Crippen LogP contribution in [0.3, 0.4) is 0 Å². The molecule has 1 fully saturated rings. The van der Waals surface area contributed by atoms with Gasteiger partial charge in [-0.1, -0.05) is 78.9 Å². The molecule has 8 heteroatoms. The molecular formula is C32H28O6S2. The molecule has 0 amide bonds. The third-order valence-electron chi connectivity index (χ3n) is 8.26. The lowest BCUT2D eigenvalue weighted by Crippen LogP contribution is -2.40. The fourth-order valence-electron chi connectivity index (χ4n) is 6.16. The second-order valence-electron chi connectivity index (χ2n) is 10.4. The maximum absolute atomic E-state index is 14.2. The Bertz CT molecular complexity index is 1860. The van der Waals surface area contributed by atoms with Gasteiger partial charge in [-0.15, -0.1) is 0 Å². The maximum atomic E-state index is 14.2. The Labute approximate surface area is 234 Å². The molecule has 0 radical (unpaired) electrons. The second-order valence-corrected chi connectivity index (χ2v) is 14.6. The van der Waals surface area contributed by atoms with Gasteiger partial charge in [-0.3, -0.25) is 4.79 Å². The predicted molar refractivity (Wildman–Crippen MR) is 153 cm³/mol. The summed E-state index contributed by atoms with van der Waals surface area (Å²) >= 11 is 0. The van der Waals surface area contributed by atoms with E-state index in [1.54, 1.807) is 43.3 Å². The first-order valence-corrected chi connectivity index (χ1v) is 16.1. The van der Waals surface area contributed by atoms with E-state index >= 15 is 0 Å². The Morgan fingerprint density at radius 1 is 0.800 bits per heavy atom. The number of rotatable bonds is 7. The molecule has 40 heavy (non-hydrogen) atoms. The van der Waals surface area contributed by atoms with Crippen molar-refractivity contribution in [1.29, 1.82) is 0 Å². The van der Waals surface area contributed by atoms with E-state index in [0.29, 0.717) is 5.56 Å². The lowest BCUT2D eigenvalue weighted by atomic mass is 9.80. The molecule has 0 aromatic heterocycles. The van der Waals surface area contributed by atoms with Gasteiger partial charge in [0, 0.05) is 5.92 Å². The van der Waals surface area contributed by atoms with Crippen molar-refractivity contribution in [3.63, 3.8) is 0 Å². The first kappa shape index (κ1) is 26.5. The van der Waals surface area contributed by atoms with E-state index < -0.39 is 41.7 Å². The molecule has 0 saturated heterocycles. The van der Waals surface area contributed by atoms with Crippen molar-refractivity contribution in [3.8, 4) is 0 Å². The average molecular weight is 573 g/mol. The highest BCUT2D eigenvalue weighted by Gasteiger charge is 2.80. The molecule has 0 N–H and O–H groups in total. The van der Waals surface area contributed by atoms with Crippen molar-refractivity contribution >= 4 is 36.4 Å². The summed E-state index contributed by atoms with van der Waals surface area (Å²) in [6.07, 6.45) is 1.31. The molecule has 4 aromatic carbocycles. The summed E-state index contributed by atoms with van der Waals surface area (Å²) < 4.78 is 60.7. The lowest BCUT2D eigenvalue weighted by Gasteiger charge is -2.33. The first-order chi connectivity index (χ1) is 19.2. The SMILES string of the molecule is CCOC(=O)[C@]12C[C@H](c3ccc4ccccc4c3)C(S(=O)(=O)c3ccccc3)=C[C@@]1(S(=O)(=O)c1ccccc1)C2. The average Bonchev–Trinajstić information content (AvgIpc) is 3.69. The summed E-state index contributed by atoms with van der Waals surface area (Å²) in [7, 11) is -8.29. The standard InChI is InChI=1S/C32H28O6S2/c1-2-38-30(33)31-20-28(25-18-17-23-11-9-10-12-24(23)19-25)29(39(34,35)26-13-5-3-6-14-26)21-32(31,22-31)40(36,37)27-15-7-4-8-16-27/h3-19,21,28H,2,20,22H2,1H3/t28-,31-,32-/m1/s1. The molecule has 2 aliphatic carbocycles. The number of ether oxygens (including phenoxy) is 1. The smallest absolute Gasteiger partial charge is 0.314 e. The second kappa shape index (κ2) is 9.42. The van der Waals surface area contributed by atoms with Gasteiger partial charge in [0.25, 0.3) is 0 Å². The quantitative estimate of drug-likeness (QED) is 0.258. The van der Waals surface area contributed by atoms with Gasteiger partial charge >= 0.3 is 5.97 Å². The van der Waals surface area contributed by atoms with Crippen LogP contribution in [-0.4, -0.2) is 34.2 Å². The number of allylic oxidation sites excluding steroid dienone is 1. The van der Waals surface area contributed by atoms with E-state index in [4.69, 9.17) is 4.74 Å². The van der Waals surface area contributed by atoms with Gasteiger partial charge in [0.05, 0.1) is 26.7 Å². The topological polar surface area (TPSA) is 94.6 Å². The Balaban J connectivity index is 1.62. The number of fused-ring (bicyclic) bond motifs is 2. The van der Waals surface area contributed by atoms with E-state index in [1.807, 2.05) is 42.5 Å². The van der Waals surface area contributed by atoms with Crippen LogP contribution in [0, 0.1) is 5.41 Å². The molecular weight excluding hydrogens is 544 g/mol. The van der Waals surface area contributed by atoms with Gasteiger partial charge < -0.3 is 4.74 Å². The summed E-state index contributed by atoms with van der Waals surface area (Å²) in [5.41, 5.74) is -0.713. The predicted octanol–water partition coefficient (Wildman–Crippen LogP) is 5.85. The van der Waals surface area contributed by atoms with E-state index in [0.717, 1.165) is 10.8 Å². The minimum Gasteiger partial charge on any atom is -0.466 e.